The number of alkyl halides is 3. The molecule has 0 atom stereocenters. The van der Waals surface area contributed by atoms with Crippen LogP contribution in [0.3, 0.4) is 0 Å². The normalized spacial score (nSPS) is 11.8. The lowest BCUT2D eigenvalue weighted by Gasteiger charge is -2.24. The average molecular weight is 420 g/mol. The van der Waals surface area contributed by atoms with Crippen LogP contribution in [0.15, 0.2) is 53.4 Å². The molecular weight excluding hydrogens is 404 g/mol. The van der Waals surface area contributed by atoms with E-state index >= 15 is 0 Å². The van der Waals surface area contributed by atoms with Crippen molar-refractivity contribution in [3.05, 3.63) is 54.3 Å². The number of nitrogens with one attached hydrogen (secondary N) is 1. The van der Waals surface area contributed by atoms with E-state index in [1.165, 1.54) is 31.4 Å². The van der Waals surface area contributed by atoms with Crippen LogP contribution in [0.25, 0.3) is 0 Å². The fraction of sp³-hybridized carbons (Fsp3) is 0.235. The van der Waals surface area contributed by atoms with Crippen molar-refractivity contribution in [3.63, 3.8) is 0 Å². The lowest BCUT2D eigenvalue weighted by atomic mass is 10.3. The molecule has 0 spiro atoms. The summed E-state index contributed by atoms with van der Waals surface area (Å²) < 4.78 is 81.4. The molecule has 0 aliphatic heterocycles. The summed E-state index contributed by atoms with van der Waals surface area (Å²) in [4.78, 5) is 11.6. The van der Waals surface area contributed by atoms with Gasteiger partial charge in [-0.3, -0.25) is 9.10 Å². The lowest BCUT2D eigenvalue weighted by molar-refractivity contribution is -0.137. The molecule has 0 aliphatic carbocycles. The van der Waals surface area contributed by atoms with E-state index in [-0.39, 0.29) is 10.6 Å². The van der Waals surface area contributed by atoms with E-state index in [1.54, 1.807) is 5.32 Å². The molecule has 0 heterocycles. The van der Waals surface area contributed by atoms with Crippen LogP contribution in [-0.4, -0.2) is 40.7 Å². The molecule has 0 saturated carbocycles. The summed E-state index contributed by atoms with van der Waals surface area (Å²) in [5.41, 5.74) is 0.0206. The number of nitrogens with zero attached hydrogens (tertiary/aromatic N) is 1. The van der Waals surface area contributed by atoms with Gasteiger partial charge < -0.3 is 10.1 Å². The highest BCUT2D eigenvalue weighted by molar-refractivity contribution is 7.92. The van der Waals surface area contributed by atoms with Gasteiger partial charge in [-0.25, -0.2) is 12.8 Å². The molecule has 2 aromatic rings. The molecule has 152 valence electrons. The Morgan fingerprint density at radius 3 is 2.14 bits per heavy atom. The number of ether oxygens (including phenoxy) is 1. The maximum atomic E-state index is 13.1. The average Bonchev–Trinajstić information content (AvgIpc) is 2.64. The summed E-state index contributed by atoms with van der Waals surface area (Å²) in [6.07, 6.45) is -4.64. The second kappa shape index (κ2) is 8.46. The fourth-order valence-corrected chi connectivity index (χ4v) is 3.60. The van der Waals surface area contributed by atoms with Gasteiger partial charge in [0, 0.05) is 0 Å². The van der Waals surface area contributed by atoms with Crippen LogP contribution in [0.1, 0.15) is 0 Å². The Morgan fingerprint density at radius 2 is 1.64 bits per heavy atom. The van der Waals surface area contributed by atoms with E-state index in [1.807, 2.05) is 0 Å². The molecule has 1 amide bonds. The SMILES string of the molecule is COc1ccc(N(CC(=O)NCC(F)(F)F)S(=O)(=O)c2ccc(F)cc2)cc1. The van der Waals surface area contributed by atoms with Gasteiger partial charge in [0.25, 0.3) is 10.0 Å². The first kappa shape index (κ1) is 21.5. The highest BCUT2D eigenvalue weighted by Crippen LogP contribution is 2.26. The third-order valence-electron chi connectivity index (χ3n) is 3.54. The Kier molecular flexibility index (Phi) is 6.49. The number of benzene rings is 2. The maximum Gasteiger partial charge on any atom is 0.405 e. The highest BCUT2D eigenvalue weighted by Gasteiger charge is 2.31. The Hall–Kier alpha value is -2.82. The molecule has 0 radical (unpaired) electrons. The molecule has 0 aliphatic rings. The van der Waals surface area contributed by atoms with E-state index in [0.717, 1.165) is 24.3 Å². The zero-order valence-electron chi connectivity index (χ0n) is 14.5. The van der Waals surface area contributed by atoms with Crippen molar-refractivity contribution in [2.45, 2.75) is 11.1 Å². The smallest absolute Gasteiger partial charge is 0.405 e. The van der Waals surface area contributed by atoms with Crippen LogP contribution in [0, 0.1) is 5.82 Å². The first-order chi connectivity index (χ1) is 13.0. The van der Waals surface area contributed by atoms with E-state index < -0.39 is 41.0 Å². The Bertz CT molecular complexity index is 914. The third kappa shape index (κ3) is 5.59. The molecule has 2 rings (SSSR count). The monoisotopic (exact) mass is 420 g/mol. The standard InChI is InChI=1S/C17H16F4N2O4S/c1-27-14-6-4-13(5-7-14)23(10-16(24)22-11-17(19,20)21)28(25,26)15-8-2-12(18)3-9-15/h2-9H,10-11H2,1H3,(H,22,24). The topological polar surface area (TPSA) is 75.7 Å². The van der Waals surface area contributed by atoms with Crippen LogP contribution in [-0.2, 0) is 14.8 Å². The number of anilines is 1. The van der Waals surface area contributed by atoms with Gasteiger partial charge in [-0.15, -0.1) is 0 Å². The van der Waals surface area contributed by atoms with Gasteiger partial charge in [0.1, 0.15) is 24.7 Å². The van der Waals surface area contributed by atoms with Crippen molar-refractivity contribution < 1.29 is 35.5 Å². The molecule has 0 unspecified atom stereocenters. The van der Waals surface area contributed by atoms with E-state index in [4.69, 9.17) is 4.74 Å². The number of hydrogen-bond acceptors (Lipinski definition) is 4. The molecule has 11 heteroatoms. The van der Waals surface area contributed by atoms with Gasteiger partial charge in [-0.1, -0.05) is 0 Å². The van der Waals surface area contributed by atoms with Crippen LogP contribution >= 0.6 is 0 Å². The lowest BCUT2D eigenvalue weighted by Crippen LogP contribution is -2.43. The Morgan fingerprint density at radius 1 is 1.07 bits per heavy atom. The number of carbonyl (C=O) groups excluding carboxylic acids is 1. The number of hydrogen-bond donors (Lipinski definition) is 1. The third-order valence-corrected chi connectivity index (χ3v) is 5.32. The van der Waals surface area contributed by atoms with Gasteiger partial charge in [-0.05, 0) is 48.5 Å². The molecule has 1 N–H and O–H groups in total. The van der Waals surface area contributed by atoms with Crippen molar-refractivity contribution in [2.75, 3.05) is 24.5 Å². The fourth-order valence-electron chi connectivity index (χ4n) is 2.18. The number of halogens is 4. The zero-order valence-corrected chi connectivity index (χ0v) is 15.3. The largest absolute Gasteiger partial charge is 0.497 e. The van der Waals surface area contributed by atoms with E-state index in [9.17, 15) is 30.8 Å². The maximum absolute atomic E-state index is 13.1. The minimum Gasteiger partial charge on any atom is -0.497 e. The molecular formula is C17H16F4N2O4S. The predicted molar refractivity (Wildman–Crippen MR) is 93.0 cm³/mol. The summed E-state index contributed by atoms with van der Waals surface area (Å²) in [6.45, 7) is -2.50. The molecule has 0 aromatic heterocycles. The number of sulfonamides is 1. The first-order valence-corrected chi connectivity index (χ1v) is 9.23. The zero-order chi connectivity index (χ0) is 20.9. The predicted octanol–water partition coefficient (Wildman–Crippen LogP) is 2.71. The van der Waals surface area contributed by atoms with Crippen molar-refractivity contribution in [1.29, 1.82) is 0 Å². The van der Waals surface area contributed by atoms with Crippen LogP contribution < -0.4 is 14.4 Å². The highest BCUT2D eigenvalue weighted by atomic mass is 32.2. The van der Waals surface area contributed by atoms with Crippen LogP contribution in [0.4, 0.5) is 23.2 Å². The van der Waals surface area contributed by atoms with Gasteiger partial charge in [-0.2, -0.15) is 13.2 Å². The minimum absolute atomic E-state index is 0.0206. The minimum atomic E-state index is -4.64. The molecule has 28 heavy (non-hydrogen) atoms. The van der Waals surface area contributed by atoms with E-state index in [0.29, 0.717) is 10.1 Å². The van der Waals surface area contributed by atoms with E-state index in [2.05, 4.69) is 0 Å². The van der Waals surface area contributed by atoms with Crippen LogP contribution in [0.2, 0.25) is 0 Å². The number of methoxy groups -OCH3 is 1. The van der Waals surface area contributed by atoms with Gasteiger partial charge >= 0.3 is 6.18 Å². The molecule has 6 nitrogen and oxygen atoms in total. The molecule has 0 saturated heterocycles. The Labute approximate surface area is 158 Å². The number of carbonyl (C=O) groups is 1. The van der Waals surface area contributed by atoms with Crippen molar-refractivity contribution in [2.24, 2.45) is 0 Å². The molecule has 0 bridgehead atoms. The summed E-state index contributed by atoms with van der Waals surface area (Å²) in [6, 6.07) is 9.34. The number of amides is 1. The van der Waals surface area contributed by atoms with Gasteiger partial charge in [0.15, 0.2) is 0 Å². The van der Waals surface area contributed by atoms with Gasteiger partial charge in [0.2, 0.25) is 5.91 Å². The van der Waals surface area contributed by atoms with Crippen molar-refractivity contribution in [1.82, 2.24) is 5.32 Å². The number of rotatable bonds is 7. The Balaban J connectivity index is 2.37. The first-order valence-electron chi connectivity index (χ1n) is 7.79. The van der Waals surface area contributed by atoms with Crippen molar-refractivity contribution >= 4 is 21.6 Å². The van der Waals surface area contributed by atoms with Crippen molar-refractivity contribution in [3.8, 4) is 5.75 Å². The second-order valence-electron chi connectivity index (χ2n) is 5.56. The summed E-state index contributed by atoms with van der Waals surface area (Å²) >= 11 is 0. The summed E-state index contributed by atoms with van der Waals surface area (Å²) in [7, 11) is -2.96. The quantitative estimate of drug-likeness (QED) is 0.699. The summed E-state index contributed by atoms with van der Waals surface area (Å²) in [5.74, 6) is -1.42. The van der Waals surface area contributed by atoms with Gasteiger partial charge in [0.05, 0.1) is 17.7 Å². The van der Waals surface area contributed by atoms with Crippen LogP contribution in [0.5, 0.6) is 5.75 Å². The molecule has 2 aromatic carbocycles. The molecule has 0 fully saturated rings. The second-order valence-corrected chi connectivity index (χ2v) is 7.42. The summed E-state index contributed by atoms with van der Waals surface area (Å²) in [5, 5.41) is 1.62.